The van der Waals surface area contributed by atoms with Crippen LogP contribution in [0.3, 0.4) is 0 Å². The molecule has 1 unspecified atom stereocenters. The Morgan fingerprint density at radius 3 is 1.97 bits per heavy atom. The average molecular weight is 397 g/mol. The Hall–Kier alpha value is -3.66. The molecule has 0 bridgehead atoms. The lowest BCUT2D eigenvalue weighted by molar-refractivity contribution is 0.0644. The zero-order valence-electron chi connectivity index (χ0n) is 16.7. The molecule has 1 heterocycles. The molecule has 4 heteroatoms. The summed E-state index contributed by atoms with van der Waals surface area (Å²) in [4.78, 5) is 26.3. The summed E-state index contributed by atoms with van der Waals surface area (Å²) in [6.07, 6.45) is 2.42. The fourth-order valence-corrected chi connectivity index (χ4v) is 3.58. The molecule has 0 spiro atoms. The Kier molecular flexibility index (Phi) is 5.75. The van der Waals surface area contributed by atoms with Crippen LogP contribution < -0.4 is 4.74 Å². The number of ether oxygens (including phenoxy) is 1. The zero-order valence-corrected chi connectivity index (χ0v) is 16.7. The van der Waals surface area contributed by atoms with Gasteiger partial charge in [0.15, 0.2) is 0 Å². The molecule has 30 heavy (non-hydrogen) atoms. The molecule has 1 aliphatic rings. The second-order valence-electron chi connectivity index (χ2n) is 7.29. The van der Waals surface area contributed by atoms with Crippen molar-refractivity contribution in [3.8, 4) is 16.9 Å². The van der Waals surface area contributed by atoms with Crippen LogP contribution in [0.1, 0.15) is 27.1 Å². The summed E-state index contributed by atoms with van der Waals surface area (Å²) in [6.45, 7) is 4.67. The van der Waals surface area contributed by atoms with E-state index in [0.717, 1.165) is 16.9 Å². The van der Waals surface area contributed by atoms with E-state index in [2.05, 4.69) is 18.7 Å². The van der Waals surface area contributed by atoms with Crippen molar-refractivity contribution in [3.63, 3.8) is 0 Å². The lowest BCUT2D eigenvalue weighted by Gasteiger charge is -2.18. The van der Waals surface area contributed by atoms with Gasteiger partial charge in [-0.1, -0.05) is 60.7 Å². The molecule has 1 atom stereocenters. The molecule has 0 N–H and O–H groups in total. The van der Waals surface area contributed by atoms with Crippen molar-refractivity contribution in [1.82, 2.24) is 4.90 Å². The van der Waals surface area contributed by atoms with Crippen LogP contribution in [0, 0.1) is 5.92 Å². The van der Waals surface area contributed by atoms with E-state index in [1.165, 1.54) is 4.90 Å². The molecule has 2 amide bonds. The largest absolute Gasteiger partial charge is 0.493 e. The monoisotopic (exact) mass is 397 g/mol. The average Bonchev–Trinajstić information content (AvgIpc) is 3.05. The van der Waals surface area contributed by atoms with Gasteiger partial charge in [0.2, 0.25) is 0 Å². The standard InChI is InChI=1S/C26H23NO3/c1-2-19(16-17-27-25(28)23-10-6-7-11-24(23)26(27)29)18-30-22-14-12-21(13-15-22)20-8-4-3-5-9-20/h2-15,19H,1,16-18H2. The Morgan fingerprint density at radius 1 is 0.800 bits per heavy atom. The summed E-state index contributed by atoms with van der Waals surface area (Å²) in [5.74, 6) is 0.358. The highest BCUT2D eigenvalue weighted by Crippen LogP contribution is 2.25. The number of carbonyl (C=O) groups is 2. The number of amides is 2. The Balaban J connectivity index is 1.32. The van der Waals surface area contributed by atoms with Crippen LogP contribution >= 0.6 is 0 Å². The van der Waals surface area contributed by atoms with E-state index >= 15 is 0 Å². The molecule has 3 aromatic carbocycles. The van der Waals surface area contributed by atoms with Crippen molar-refractivity contribution in [2.24, 2.45) is 5.92 Å². The summed E-state index contributed by atoms with van der Waals surface area (Å²) in [5, 5.41) is 0. The van der Waals surface area contributed by atoms with Crippen molar-refractivity contribution >= 4 is 11.8 Å². The van der Waals surface area contributed by atoms with Crippen molar-refractivity contribution in [2.75, 3.05) is 13.2 Å². The summed E-state index contributed by atoms with van der Waals surface area (Å²) >= 11 is 0. The number of imide groups is 1. The first-order chi connectivity index (χ1) is 14.7. The molecule has 0 saturated carbocycles. The van der Waals surface area contributed by atoms with E-state index in [1.807, 2.05) is 48.5 Å². The lowest BCUT2D eigenvalue weighted by atomic mass is 10.1. The van der Waals surface area contributed by atoms with Crippen molar-refractivity contribution in [1.29, 1.82) is 0 Å². The maximum atomic E-state index is 12.5. The van der Waals surface area contributed by atoms with Gasteiger partial charge in [-0.05, 0) is 41.8 Å². The fourth-order valence-electron chi connectivity index (χ4n) is 3.58. The first-order valence-electron chi connectivity index (χ1n) is 10.0. The first-order valence-corrected chi connectivity index (χ1v) is 10.0. The minimum absolute atomic E-state index is 0.0307. The Labute approximate surface area is 176 Å². The number of nitrogens with zero attached hydrogens (tertiary/aromatic N) is 1. The van der Waals surface area contributed by atoms with Crippen LogP contribution in [0.5, 0.6) is 5.75 Å². The van der Waals surface area contributed by atoms with Gasteiger partial charge in [-0.15, -0.1) is 6.58 Å². The van der Waals surface area contributed by atoms with Gasteiger partial charge in [0.1, 0.15) is 5.75 Å². The summed E-state index contributed by atoms with van der Waals surface area (Å²) < 4.78 is 5.92. The van der Waals surface area contributed by atoms with E-state index in [-0.39, 0.29) is 17.7 Å². The Morgan fingerprint density at radius 2 is 1.37 bits per heavy atom. The molecule has 3 aromatic rings. The molecule has 4 rings (SSSR count). The topological polar surface area (TPSA) is 46.6 Å². The normalized spacial score (nSPS) is 13.8. The number of carbonyl (C=O) groups excluding carboxylic acids is 2. The van der Waals surface area contributed by atoms with E-state index in [1.54, 1.807) is 24.3 Å². The number of hydrogen-bond acceptors (Lipinski definition) is 3. The van der Waals surface area contributed by atoms with Gasteiger partial charge >= 0.3 is 0 Å². The third-order valence-electron chi connectivity index (χ3n) is 5.36. The van der Waals surface area contributed by atoms with Crippen LogP contribution in [-0.4, -0.2) is 29.9 Å². The SMILES string of the molecule is C=CC(CCN1C(=O)c2ccccc2C1=O)COc1ccc(-c2ccccc2)cc1. The molecular weight excluding hydrogens is 374 g/mol. The highest BCUT2D eigenvalue weighted by atomic mass is 16.5. The molecule has 1 aliphatic heterocycles. The van der Waals surface area contributed by atoms with Crippen molar-refractivity contribution < 1.29 is 14.3 Å². The van der Waals surface area contributed by atoms with E-state index < -0.39 is 0 Å². The van der Waals surface area contributed by atoms with E-state index in [9.17, 15) is 9.59 Å². The third-order valence-corrected chi connectivity index (χ3v) is 5.36. The fraction of sp³-hybridized carbons (Fsp3) is 0.154. The highest BCUT2D eigenvalue weighted by molar-refractivity contribution is 6.21. The number of benzene rings is 3. The summed E-state index contributed by atoms with van der Waals surface area (Å²) in [7, 11) is 0. The van der Waals surface area contributed by atoms with Gasteiger partial charge in [0.05, 0.1) is 17.7 Å². The minimum Gasteiger partial charge on any atom is -0.493 e. The molecular formula is C26H23NO3. The van der Waals surface area contributed by atoms with E-state index in [4.69, 9.17) is 4.74 Å². The van der Waals surface area contributed by atoms with Crippen molar-refractivity contribution in [2.45, 2.75) is 6.42 Å². The van der Waals surface area contributed by atoms with Gasteiger partial charge in [0.25, 0.3) is 11.8 Å². The van der Waals surface area contributed by atoms with Gasteiger partial charge in [0, 0.05) is 12.5 Å². The van der Waals surface area contributed by atoms with Crippen LogP contribution in [0.2, 0.25) is 0 Å². The lowest BCUT2D eigenvalue weighted by Crippen LogP contribution is -2.32. The second-order valence-corrected chi connectivity index (χ2v) is 7.29. The van der Waals surface area contributed by atoms with Crippen LogP contribution in [0.25, 0.3) is 11.1 Å². The molecule has 4 nitrogen and oxygen atoms in total. The predicted octanol–water partition coefficient (Wildman–Crippen LogP) is 5.22. The molecule has 0 aliphatic carbocycles. The molecule has 0 fully saturated rings. The maximum absolute atomic E-state index is 12.5. The van der Waals surface area contributed by atoms with Crippen LogP contribution in [0.4, 0.5) is 0 Å². The number of hydrogen-bond donors (Lipinski definition) is 0. The van der Waals surface area contributed by atoms with Crippen LogP contribution in [0.15, 0.2) is 91.5 Å². The number of fused-ring (bicyclic) bond motifs is 1. The molecule has 0 saturated heterocycles. The van der Waals surface area contributed by atoms with Gasteiger partial charge < -0.3 is 4.74 Å². The van der Waals surface area contributed by atoms with Gasteiger partial charge in [-0.2, -0.15) is 0 Å². The summed E-state index contributed by atoms with van der Waals surface area (Å²) in [6, 6.07) is 25.1. The molecule has 150 valence electrons. The second kappa shape index (κ2) is 8.78. The van der Waals surface area contributed by atoms with Gasteiger partial charge in [-0.25, -0.2) is 0 Å². The molecule has 0 aromatic heterocycles. The molecule has 0 radical (unpaired) electrons. The smallest absolute Gasteiger partial charge is 0.261 e. The van der Waals surface area contributed by atoms with Gasteiger partial charge in [-0.3, -0.25) is 14.5 Å². The predicted molar refractivity (Wildman–Crippen MR) is 117 cm³/mol. The maximum Gasteiger partial charge on any atom is 0.261 e. The van der Waals surface area contributed by atoms with Crippen LogP contribution in [-0.2, 0) is 0 Å². The first kappa shape index (κ1) is 19.6. The van der Waals surface area contributed by atoms with E-state index in [0.29, 0.717) is 30.7 Å². The third kappa shape index (κ3) is 4.03. The minimum atomic E-state index is -0.226. The van der Waals surface area contributed by atoms with Crippen molar-refractivity contribution in [3.05, 3.63) is 103 Å². The zero-order chi connectivity index (χ0) is 20.9. The highest BCUT2D eigenvalue weighted by Gasteiger charge is 2.34. The Bertz CT molecular complexity index is 1020. The quantitative estimate of drug-likeness (QED) is 0.387. The number of rotatable bonds is 8. The summed E-state index contributed by atoms with van der Waals surface area (Å²) in [5.41, 5.74) is 3.25.